The lowest BCUT2D eigenvalue weighted by Gasteiger charge is -1.89. The fourth-order valence-electron chi connectivity index (χ4n) is 0.913. The van der Waals surface area contributed by atoms with Crippen LogP contribution in [0.1, 0.15) is 0 Å². The van der Waals surface area contributed by atoms with Crippen molar-refractivity contribution in [3.05, 3.63) is 22.8 Å². The predicted octanol–water partition coefficient (Wildman–Crippen LogP) is -0.343. The molecule has 0 aliphatic carbocycles. The van der Waals surface area contributed by atoms with E-state index >= 15 is 0 Å². The molecule has 1 aliphatic heterocycles. The molecule has 2 rings (SSSR count). The summed E-state index contributed by atoms with van der Waals surface area (Å²) in [6.07, 6.45) is 0. The lowest BCUT2D eigenvalue weighted by molar-refractivity contribution is 0.260. The number of rotatable bonds is 0. The van der Waals surface area contributed by atoms with Gasteiger partial charge in [0.05, 0.1) is 5.35 Å². The van der Waals surface area contributed by atoms with Gasteiger partial charge in [0.1, 0.15) is 5.36 Å². The average molecular weight is 147 g/mol. The van der Waals surface area contributed by atoms with E-state index in [1.54, 1.807) is 12.1 Å². The molecule has 0 unspecified atom stereocenters. The number of urea groups is 1. The van der Waals surface area contributed by atoms with Crippen LogP contribution >= 0.6 is 0 Å². The van der Waals surface area contributed by atoms with E-state index in [9.17, 15) is 4.79 Å². The highest BCUT2D eigenvalue weighted by atomic mass is 16.2. The maximum atomic E-state index is 10.7. The number of hydrogen-bond acceptors (Lipinski definition) is 2. The van der Waals surface area contributed by atoms with Gasteiger partial charge in [0.15, 0.2) is 5.82 Å². The molecular weight excluding hydrogens is 142 g/mol. The Morgan fingerprint density at radius 3 is 3.09 bits per heavy atom. The van der Waals surface area contributed by atoms with Gasteiger partial charge in [0.25, 0.3) is 0 Å². The maximum Gasteiger partial charge on any atom is 0.347 e. The first kappa shape index (κ1) is 6.03. The highest BCUT2D eigenvalue weighted by Crippen LogP contribution is 1.96. The molecule has 1 N–H and O–H groups in total. The van der Waals surface area contributed by atoms with Gasteiger partial charge >= 0.3 is 6.03 Å². The van der Waals surface area contributed by atoms with Gasteiger partial charge in [0, 0.05) is 0 Å². The topological polar surface area (TPSA) is 54.4 Å². The summed E-state index contributed by atoms with van der Waals surface area (Å²) in [7, 11) is 0. The minimum atomic E-state index is -0.363. The second-order valence-electron chi connectivity index (χ2n) is 2.21. The van der Waals surface area contributed by atoms with Crippen LogP contribution in [0, 0.1) is 0 Å². The van der Waals surface area contributed by atoms with Crippen molar-refractivity contribution in [3.8, 4) is 0 Å². The van der Waals surface area contributed by atoms with Crippen LogP contribution in [0.25, 0.3) is 6.58 Å². The summed E-state index contributed by atoms with van der Waals surface area (Å²) in [5.41, 5.74) is 0. The average Bonchev–Trinajstić information content (AvgIpc) is 2.27. The summed E-state index contributed by atoms with van der Waals surface area (Å²) in [5.74, 6) is 0.502. The monoisotopic (exact) mass is 147 g/mol. The van der Waals surface area contributed by atoms with Crippen LogP contribution in [0.5, 0.6) is 0 Å². The van der Waals surface area contributed by atoms with E-state index in [0.29, 0.717) is 16.5 Å². The van der Waals surface area contributed by atoms with Crippen molar-refractivity contribution in [3.63, 3.8) is 0 Å². The van der Waals surface area contributed by atoms with Crippen LogP contribution in [-0.4, -0.2) is 11.0 Å². The molecule has 1 aromatic rings. The van der Waals surface area contributed by atoms with Crippen LogP contribution in [0.2, 0.25) is 0 Å². The number of amides is 2. The third-order valence-corrected chi connectivity index (χ3v) is 1.38. The van der Waals surface area contributed by atoms with E-state index in [-0.39, 0.29) is 6.03 Å². The molecule has 4 heteroatoms. The lowest BCUT2D eigenvalue weighted by atomic mass is 10.4. The van der Waals surface area contributed by atoms with Crippen molar-refractivity contribution in [2.45, 2.75) is 0 Å². The van der Waals surface area contributed by atoms with Gasteiger partial charge in [-0.2, -0.15) is 4.99 Å². The highest BCUT2D eigenvalue weighted by molar-refractivity contribution is 5.92. The summed E-state index contributed by atoms with van der Waals surface area (Å²) in [4.78, 5) is 18.3. The SMILES string of the molecule is C=c1ccc2c(n1)NC(=O)N=2. The number of nitrogens with one attached hydrogen (secondary N) is 1. The predicted molar refractivity (Wildman–Crippen MR) is 39.6 cm³/mol. The number of carbonyl (C=O) groups is 1. The molecule has 0 atom stereocenters. The summed E-state index contributed by atoms with van der Waals surface area (Å²) < 4.78 is 0. The molecule has 11 heavy (non-hydrogen) atoms. The van der Waals surface area contributed by atoms with Crippen LogP contribution in [-0.2, 0) is 0 Å². The third kappa shape index (κ3) is 0.881. The molecule has 0 spiro atoms. The molecule has 4 nitrogen and oxygen atoms in total. The Labute approximate surface area is 62.3 Å². The van der Waals surface area contributed by atoms with Crippen LogP contribution in [0.15, 0.2) is 17.1 Å². The smallest absolute Gasteiger partial charge is 0.289 e. The highest BCUT2D eigenvalue weighted by Gasteiger charge is 2.10. The zero-order valence-corrected chi connectivity index (χ0v) is 5.66. The molecule has 0 saturated heterocycles. The quantitative estimate of drug-likeness (QED) is 0.545. The molecule has 1 aromatic heterocycles. The van der Waals surface area contributed by atoms with Gasteiger partial charge in [0.2, 0.25) is 0 Å². The number of carbonyl (C=O) groups excluding carboxylic acids is 1. The van der Waals surface area contributed by atoms with Crippen molar-refractivity contribution in [2.24, 2.45) is 4.99 Å². The number of nitrogens with zero attached hydrogens (tertiary/aromatic N) is 2. The largest absolute Gasteiger partial charge is 0.347 e. The summed E-state index contributed by atoms with van der Waals surface area (Å²) in [6.45, 7) is 3.62. The number of fused-ring (bicyclic) bond motifs is 1. The number of aromatic nitrogens is 1. The molecule has 2 amide bonds. The summed E-state index contributed by atoms with van der Waals surface area (Å²) in [5, 5.41) is 3.69. The standard InChI is InChI=1S/C7H5N3O/c1-4-2-3-5-6(8-4)10-7(11)9-5/h2-3H,1H2,(H,8,10,11). The fraction of sp³-hybridized carbons (Fsp3) is 0. The summed E-state index contributed by atoms with van der Waals surface area (Å²) in [6, 6.07) is 3.06. The summed E-state index contributed by atoms with van der Waals surface area (Å²) >= 11 is 0. The van der Waals surface area contributed by atoms with E-state index in [2.05, 4.69) is 21.9 Å². The van der Waals surface area contributed by atoms with Crippen LogP contribution < -0.4 is 16.0 Å². The van der Waals surface area contributed by atoms with Gasteiger partial charge < -0.3 is 0 Å². The van der Waals surface area contributed by atoms with E-state index in [1.165, 1.54) is 0 Å². The second-order valence-corrected chi connectivity index (χ2v) is 2.21. The molecule has 54 valence electrons. The Balaban J connectivity index is 2.77. The molecular formula is C7H5N3O. The Bertz CT molecular complexity index is 424. The Hall–Kier alpha value is -1.71. The number of hydrogen-bond donors (Lipinski definition) is 1. The van der Waals surface area contributed by atoms with E-state index in [1.807, 2.05) is 0 Å². The van der Waals surface area contributed by atoms with Gasteiger partial charge in [-0.1, -0.05) is 6.58 Å². The van der Waals surface area contributed by atoms with E-state index in [4.69, 9.17) is 0 Å². The molecule has 2 heterocycles. The second kappa shape index (κ2) is 1.88. The zero-order chi connectivity index (χ0) is 7.84. The number of anilines is 1. The Kier molecular flexibility index (Phi) is 1.03. The first-order valence-corrected chi connectivity index (χ1v) is 3.11. The van der Waals surface area contributed by atoms with Gasteiger partial charge in [-0.25, -0.2) is 9.78 Å². The minimum absolute atomic E-state index is 0.363. The molecule has 0 fully saturated rings. The van der Waals surface area contributed by atoms with Crippen molar-refractivity contribution >= 4 is 18.4 Å². The first-order valence-electron chi connectivity index (χ1n) is 3.11. The van der Waals surface area contributed by atoms with Crippen LogP contribution in [0.4, 0.5) is 10.6 Å². The zero-order valence-electron chi connectivity index (χ0n) is 5.66. The molecule has 0 saturated carbocycles. The number of pyridine rings is 1. The van der Waals surface area contributed by atoms with Crippen LogP contribution in [0.3, 0.4) is 0 Å². The maximum absolute atomic E-state index is 10.7. The lowest BCUT2D eigenvalue weighted by Crippen LogP contribution is -2.13. The normalized spacial score (nSPS) is 13.6. The Morgan fingerprint density at radius 1 is 1.45 bits per heavy atom. The first-order chi connectivity index (χ1) is 5.25. The van der Waals surface area contributed by atoms with Crippen molar-refractivity contribution in [1.29, 1.82) is 0 Å². The van der Waals surface area contributed by atoms with Crippen molar-refractivity contribution < 1.29 is 4.79 Å². The van der Waals surface area contributed by atoms with Gasteiger partial charge in [-0.15, -0.1) is 0 Å². The third-order valence-electron chi connectivity index (χ3n) is 1.38. The van der Waals surface area contributed by atoms with E-state index < -0.39 is 0 Å². The van der Waals surface area contributed by atoms with Crippen molar-refractivity contribution in [2.75, 3.05) is 5.32 Å². The van der Waals surface area contributed by atoms with Crippen molar-refractivity contribution in [1.82, 2.24) is 4.98 Å². The molecule has 1 aliphatic rings. The van der Waals surface area contributed by atoms with Gasteiger partial charge in [-0.3, -0.25) is 5.32 Å². The molecule has 0 bridgehead atoms. The Morgan fingerprint density at radius 2 is 2.27 bits per heavy atom. The fourth-order valence-corrected chi connectivity index (χ4v) is 0.913. The van der Waals surface area contributed by atoms with E-state index in [0.717, 1.165) is 0 Å². The minimum Gasteiger partial charge on any atom is -0.289 e. The molecule has 0 radical (unpaired) electrons. The van der Waals surface area contributed by atoms with Gasteiger partial charge in [-0.05, 0) is 12.1 Å². The molecule has 0 aromatic carbocycles.